The lowest BCUT2D eigenvalue weighted by Gasteiger charge is -2.12. The summed E-state index contributed by atoms with van der Waals surface area (Å²) in [5.74, 6) is -0.586. The lowest BCUT2D eigenvalue weighted by molar-refractivity contribution is -0.115. The second-order valence-electron chi connectivity index (χ2n) is 4.78. The maximum Gasteiger partial charge on any atom is 0.337 e. The van der Waals surface area contributed by atoms with Gasteiger partial charge in [0.25, 0.3) is 0 Å². The van der Waals surface area contributed by atoms with Crippen LogP contribution in [0.4, 0.5) is 5.69 Å². The zero-order valence-corrected chi connectivity index (χ0v) is 14.3. The molecule has 0 saturated carbocycles. The molecular formula is C17H16ClNO3S. The first-order valence-corrected chi connectivity index (χ1v) is 8.17. The molecule has 1 N–H and O–H groups in total. The summed E-state index contributed by atoms with van der Waals surface area (Å²) >= 11 is 7.28. The van der Waals surface area contributed by atoms with E-state index in [0.29, 0.717) is 16.3 Å². The quantitative estimate of drug-likeness (QED) is 0.647. The minimum absolute atomic E-state index is 0.146. The van der Waals surface area contributed by atoms with Crippen LogP contribution >= 0.6 is 23.4 Å². The van der Waals surface area contributed by atoms with Crippen molar-refractivity contribution in [2.24, 2.45) is 0 Å². The predicted octanol–water partition coefficient (Wildman–Crippen LogP) is 4.25. The lowest BCUT2D eigenvalue weighted by atomic mass is 10.2. The van der Waals surface area contributed by atoms with E-state index in [9.17, 15) is 9.59 Å². The van der Waals surface area contributed by atoms with Gasteiger partial charge in [0.2, 0.25) is 5.91 Å². The van der Waals surface area contributed by atoms with Crippen LogP contribution in [0.25, 0.3) is 0 Å². The Hall–Kier alpha value is -1.98. The molecule has 0 unspecified atom stereocenters. The Morgan fingerprint density at radius 2 is 1.87 bits per heavy atom. The highest BCUT2D eigenvalue weighted by molar-refractivity contribution is 8.00. The van der Waals surface area contributed by atoms with Gasteiger partial charge in [-0.1, -0.05) is 17.7 Å². The predicted molar refractivity (Wildman–Crippen MR) is 93.2 cm³/mol. The molecule has 2 aromatic rings. The van der Waals surface area contributed by atoms with E-state index >= 15 is 0 Å². The molecule has 0 bridgehead atoms. The first-order chi connectivity index (χ1) is 11.0. The van der Waals surface area contributed by atoms with Crippen molar-refractivity contribution in [1.29, 1.82) is 0 Å². The van der Waals surface area contributed by atoms with Crippen LogP contribution in [0.3, 0.4) is 0 Å². The fourth-order valence-corrected chi connectivity index (χ4v) is 2.85. The first kappa shape index (κ1) is 17.4. The van der Waals surface area contributed by atoms with Crippen molar-refractivity contribution < 1.29 is 14.3 Å². The Balaban J connectivity index is 2.00. The van der Waals surface area contributed by atoms with Crippen molar-refractivity contribution in [3.63, 3.8) is 0 Å². The maximum absolute atomic E-state index is 12.3. The number of thioether (sulfide) groups is 1. The van der Waals surface area contributed by atoms with Crippen molar-refractivity contribution in [3.05, 3.63) is 59.1 Å². The summed E-state index contributed by atoms with van der Waals surface area (Å²) < 4.78 is 4.67. The molecule has 0 radical (unpaired) electrons. The number of hydrogen-bond donors (Lipinski definition) is 1. The van der Waals surface area contributed by atoms with E-state index in [0.717, 1.165) is 4.90 Å². The number of esters is 1. The average Bonchev–Trinajstić information content (AvgIpc) is 2.56. The van der Waals surface area contributed by atoms with Gasteiger partial charge in [0.05, 0.1) is 17.9 Å². The van der Waals surface area contributed by atoms with E-state index in [1.54, 1.807) is 36.4 Å². The number of methoxy groups -OCH3 is 1. The number of carbonyl (C=O) groups is 2. The van der Waals surface area contributed by atoms with Gasteiger partial charge < -0.3 is 10.1 Å². The van der Waals surface area contributed by atoms with Gasteiger partial charge in [0, 0.05) is 15.6 Å². The molecule has 2 aromatic carbocycles. The van der Waals surface area contributed by atoms with Gasteiger partial charge in [-0.05, 0) is 49.4 Å². The Kier molecular flexibility index (Phi) is 6.07. The fraction of sp³-hybridized carbons (Fsp3) is 0.176. The second-order valence-corrected chi connectivity index (χ2v) is 6.63. The van der Waals surface area contributed by atoms with Crippen molar-refractivity contribution in [3.8, 4) is 0 Å². The topological polar surface area (TPSA) is 55.4 Å². The zero-order valence-electron chi connectivity index (χ0n) is 12.7. The monoisotopic (exact) mass is 349 g/mol. The number of halogens is 1. The molecule has 6 heteroatoms. The molecule has 0 aliphatic carbocycles. The summed E-state index contributed by atoms with van der Waals surface area (Å²) in [4.78, 5) is 24.7. The molecule has 4 nitrogen and oxygen atoms in total. The number of nitrogens with one attached hydrogen (secondary N) is 1. The highest BCUT2D eigenvalue weighted by atomic mass is 35.5. The molecule has 0 aromatic heterocycles. The van der Waals surface area contributed by atoms with Crippen LogP contribution in [0.2, 0.25) is 5.02 Å². The van der Waals surface area contributed by atoms with Crippen LogP contribution in [0, 0.1) is 0 Å². The van der Waals surface area contributed by atoms with Crippen molar-refractivity contribution in [1.82, 2.24) is 0 Å². The van der Waals surface area contributed by atoms with Crippen LogP contribution in [0.1, 0.15) is 17.3 Å². The van der Waals surface area contributed by atoms with E-state index in [1.165, 1.54) is 18.9 Å². The second kappa shape index (κ2) is 8.04. The van der Waals surface area contributed by atoms with Crippen LogP contribution in [-0.2, 0) is 9.53 Å². The minimum atomic E-state index is -0.440. The molecule has 1 amide bonds. The third kappa shape index (κ3) is 5.01. The van der Waals surface area contributed by atoms with Crippen LogP contribution in [0.15, 0.2) is 53.4 Å². The number of benzene rings is 2. The van der Waals surface area contributed by atoms with Crippen LogP contribution in [-0.4, -0.2) is 24.2 Å². The van der Waals surface area contributed by atoms with E-state index in [4.69, 9.17) is 11.6 Å². The summed E-state index contributed by atoms with van der Waals surface area (Å²) in [5.41, 5.74) is 0.949. The number of anilines is 1. The maximum atomic E-state index is 12.3. The van der Waals surface area contributed by atoms with E-state index < -0.39 is 5.97 Å². The van der Waals surface area contributed by atoms with E-state index in [2.05, 4.69) is 10.1 Å². The number of ether oxygens (including phenoxy) is 1. The summed E-state index contributed by atoms with van der Waals surface area (Å²) in [6.07, 6.45) is 0. The molecule has 0 saturated heterocycles. The third-order valence-corrected chi connectivity index (χ3v) is 4.41. The summed E-state index contributed by atoms with van der Waals surface area (Å²) in [6.45, 7) is 1.82. The third-order valence-electron chi connectivity index (χ3n) is 3.05. The lowest BCUT2D eigenvalue weighted by Crippen LogP contribution is -2.22. The average molecular weight is 350 g/mol. The molecule has 1 atom stereocenters. The van der Waals surface area contributed by atoms with Crippen LogP contribution < -0.4 is 5.32 Å². The van der Waals surface area contributed by atoms with Crippen molar-refractivity contribution >= 4 is 40.9 Å². The number of hydrogen-bond acceptors (Lipinski definition) is 4. The Bertz CT molecular complexity index is 703. The number of amides is 1. The normalized spacial score (nSPS) is 11.6. The number of carbonyl (C=O) groups excluding carboxylic acids is 2. The molecule has 23 heavy (non-hydrogen) atoms. The SMILES string of the molecule is COC(=O)c1cccc(NC(=O)[C@H](C)Sc2ccc(Cl)cc2)c1. The van der Waals surface area contributed by atoms with Gasteiger partial charge in [0.1, 0.15) is 0 Å². The van der Waals surface area contributed by atoms with E-state index in [1.807, 2.05) is 19.1 Å². The standard InChI is InChI=1S/C17H16ClNO3S/c1-11(23-15-8-6-13(18)7-9-15)16(20)19-14-5-3-4-12(10-14)17(21)22-2/h3-11H,1-2H3,(H,19,20)/t11-/m0/s1. The molecule has 0 heterocycles. The van der Waals surface area contributed by atoms with Gasteiger partial charge in [-0.25, -0.2) is 4.79 Å². The highest BCUT2D eigenvalue weighted by Crippen LogP contribution is 2.25. The molecule has 0 aliphatic rings. The highest BCUT2D eigenvalue weighted by Gasteiger charge is 2.15. The van der Waals surface area contributed by atoms with Gasteiger partial charge in [-0.2, -0.15) is 0 Å². The van der Waals surface area contributed by atoms with E-state index in [-0.39, 0.29) is 11.2 Å². The Morgan fingerprint density at radius 1 is 1.17 bits per heavy atom. The Labute approximate surface area is 144 Å². The number of rotatable bonds is 5. The van der Waals surface area contributed by atoms with Gasteiger partial charge in [0.15, 0.2) is 0 Å². The van der Waals surface area contributed by atoms with Crippen molar-refractivity contribution in [2.75, 3.05) is 12.4 Å². The molecule has 0 fully saturated rings. The summed E-state index contributed by atoms with van der Waals surface area (Å²) in [6, 6.07) is 14.0. The minimum Gasteiger partial charge on any atom is -0.465 e. The van der Waals surface area contributed by atoms with Gasteiger partial charge >= 0.3 is 5.97 Å². The van der Waals surface area contributed by atoms with Gasteiger partial charge in [-0.15, -0.1) is 11.8 Å². The molecule has 120 valence electrons. The molecular weight excluding hydrogens is 334 g/mol. The first-order valence-electron chi connectivity index (χ1n) is 6.91. The smallest absolute Gasteiger partial charge is 0.337 e. The van der Waals surface area contributed by atoms with Crippen LogP contribution in [0.5, 0.6) is 0 Å². The zero-order chi connectivity index (χ0) is 16.8. The van der Waals surface area contributed by atoms with Crippen molar-refractivity contribution in [2.45, 2.75) is 17.1 Å². The fourth-order valence-electron chi connectivity index (χ4n) is 1.86. The molecule has 0 spiro atoms. The van der Waals surface area contributed by atoms with Gasteiger partial charge in [-0.3, -0.25) is 4.79 Å². The summed E-state index contributed by atoms with van der Waals surface area (Å²) in [5, 5.41) is 3.16. The molecule has 0 aliphatic heterocycles. The summed E-state index contributed by atoms with van der Waals surface area (Å²) in [7, 11) is 1.32. The Morgan fingerprint density at radius 3 is 2.52 bits per heavy atom. The largest absolute Gasteiger partial charge is 0.465 e. The molecule has 2 rings (SSSR count).